The Hall–Kier alpha value is -3.27. The average Bonchev–Trinajstić information content (AvgIpc) is 2.90. The van der Waals surface area contributed by atoms with Crippen LogP contribution >= 0.6 is 11.6 Å². The number of nitro groups is 1. The zero-order chi connectivity index (χ0) is 27.0. The van der Waals surface area contributed by atoms with E-state index in [9.17, 15) is 23.3 Å². The number of hydrogen-bond acceptors (Lipinski definition) is 5. The van der Waals surface area contributed by atoms with Crippen LogP contribution in [0, 0.1) is 16.0 Å². The fraction of sp³-hybridized carbons (Fsp3) is 0.296. The van der Waals surface area contributed by atoms with E-state index in [1.54, 1.807) is 6.92 Å². The van der Waals surface area contributed by atoms with Crippen LogP contribution in [-0.4, -0.2) is 31.8 Å². The highest BCUT2D eigenvalue weighted by molar-refractivity contribution is 7.89. The van der Waals surface area contributed by atoms with Crippen LogP contribution in [0.2, 0.25) is 5.02 Å². The number of amides is 1. The molecule has 2 atom stereocenters. The van der Waals surface area contributed by atoms with Crippen LogP contribution in [0.4, 0.5) is 5.69 Å². The normalized spacial score (nSPS) is 13.2. The quantitative estimate of drug-likeness (QED) is 0.238. The maximum Gasteiger partial charge on any atom is 0.289 e. The molecular weight excluding hydrogens is 514 g/mol. The van der Waals surface area contributed by atoms with Gasteiger partial charge in [0.2, 0.25) is 15.9 Å². The van der Waals surface area contributed by atoms with Crippen molar-refractivity contribution in [3.05, 3.63) is 105 Å². The maximum atomic E-state index is 13.2. The summed E-state index contributed by atoms with van der Waals surface area (Å²) in [5.74, 6) is -0.728. The van der Waals surface area contributed by atoms with Crippen molar-refractivity contribution in [3.8, 4) is 0 Å². The molecule has 0 saturated heterocycles. The SMILES string of the molecule is CCC(C)C(NS(=O)(=O)c1ccc(Cl)c([N+](=O)[O-])c1)C(=O)NCCC(c1ccccc1)c1ccccc1. The van der Waals surface area contributed by atoms with Crippen LogP contribution in [-0.2, 0) is 14.8 Å². The second-order valence-corrected chi connectivity index (χ2v) is 10.9. The lowest BCUT2D eigenvalue weighted by molar-refractivity contribution is -0.384. The second kappa shape index (κ2) is 12.8. The molecule has 0 radical (unpaired) electrons. The molecule has 10 heteroatoms. The molecule has 1 amide bonds. The first-order valence-corrected chi connectivity index (χ1v) is 13.8. The van der Waals surface area contributed by atoms with Crippen molar-refractivity contribution >= 4 is 33.2 Å². The number of hydrogen-bond donors (Lipinski definition) is 2. The monoisotopic (exact) mass is 543 g/mol. The summed E-state index contributed by atoms with van der Waals surface area (Å²) in [6, 6.07) is 22.1. The number of carbonyl (C=O) groups is 1. The van der Waals surface area contributed by atoms with Crippen LogP contribution in [0.5, 0.6) is 0 Å². The highest BCUT2D eigenvalue weighted by Gasteiger charge is 2.31. The Labute approximate surface area is 222 Å². The Morgan fingerprint density at radius 2 is 1.57 bits per heavy atom. The third-order valence-electron chi connectivity index (χ3n) is 6.34. The van der Waals surface area contributed by atoms with Gasteiger partial charge in [-0.3, -0.25) is 14.9 Å². The molecule has 3 aromatic carbocycles. The van der Waals surface area contributed by atoms with Crippen LogP contribution in [0.1, 0.15) is 43.7 Å². The molecule has 196 valence electrons. The summed E-state index contributed by atoms with van der Waals surface area (Å²) in [5.41, 5.74) is 1.71. The summed E-state index contributed by atoms with van der Waals surface area (Å²) >= 11 is 5.82. The van der Waals surface area contributed by atoms with Crippen molar-refractivity contribution in [2.75, 3.05) is 6.54 Å². The van der Waals surface area contributed by atoms with Gasteiger partial charge in [-0.1, -0.05) is 92.5 Å². The summed E-state index contributed by atoms with van der Waals surface area (Å²) in [6.07, 6.45) is 1.15. The van der Waals surface area contributed by atoms with Crippen molar-refractivity contribution < 1.29 is 18.1 Å². The van der Waals surface area contributed by atoms with Gasteiger partial charge >= 0.3 is 0 Å². The molecule has 0 fully saturated rings. The lowest BCUT2D eigenvalue weighted by Crippen LogP contribution is -2.50. The van der Waals surface area contributed by atoms with Crippen LogP contribution in [0.25, 0.3) is 0 Å². The minimum atomic E-state index is -4.23. The van der Waals surface area contributed by atoms with Gasteiger partial charge in [0.25, 0.3) is 5.69 Å². The highest BCUT2D eigenvalue weighted by atomic mass is 35.5. The van der Waals surface area contributed by atoms with E-state index in [1.165, 1.54) is 6.07 Å². The highest BCUT2D eigenvalue weighted by Crippen LogP contribution is 2.28. The number of halogens is 1. The van der Waals surface area contributed by atoms with E-state index in [0.29, 0.717) is 19.4 Å². The Bertz CT molecular complexity index is 1280. The van der Waals surface area contributed by atoms with Gasteiger partial charge in [-0.2, -0.15) is 4.72 Å². The molecule has 2 unspecified atom stereocenters. The molecular formula is C27H30ClN3O5S. The fourth-order valence-corrected chi connectivity index (χ4v) is 5.55. The van der Waals surface area contributed by atoms with E-state index in [-0.39, 0.29) is 21.8 Å². The van der Waals surface area contributed by atoms with Gasteiger partial charge in [0.05, 0.1) is 9.82 Å². The average molecular weight is 544 g/mol. The maximum absolute atomic E-state index is 13.2. The number of rotatable bonds is 12. The third-order valence-corrected chi connectivity index (χ3v) is 8.10. The lowest BCUT2D eigenvalue weighted by atomic mass is 9.88. The Morgan fingerprint density at radius 1 is 1.00 bits per heavy atom. The van der Waals surface area contributed by atoms with Gasteiger partial charge in [0, 0.05) is 18.5 Å². The molecule has 0 saturated carbocycles. The Kier molecular flexibility index (Phi) is 9.79. The number of nitrogens with zero attached hydrogens (tertiary/aromatic N) is 1. The van der Waals surface area contributed by atoms with Crippen molar-refractivity contribution in [2.24, 2.45) is 5.92 Å². The largest absolute Gasteiger partial charge is 0.355 e. The van der Waals surface area contributed by atoms with Gasteiger partial charge in [0.15, 0.2) is 0 Å². The number of nitrogens with one attached hydrogen (secondary N) is 2. The van der Waals surface area contributed by atoms with Crippen LogP contribution in [0.3, 0.4) is 0 Å². The zero-order valence-corrected chi connectivity index (χ0v) is 22.2. The summed E-state index contributed by atoms with van der Waals surface area (Å²) in [7, 11) is -4.23. The zero-order valence-electron chi connectivity index (χ0n) is 20.6. The topological polar surface area (TPSA) is 118 Å². The fourth-order valence-electron chi connectivity index (χ4n) is 4.04. The number of benzene rings is 3. The van der Waals surface area contributed by atoms with E-state index >= 15 is 0 Å². The van der Waals surface area contributed by atoms with Gasteiger partial charge in [-0.15, -0.1) is 0 Å². The Morgan fingerprint density at radius 3 is 2.08 bits per heavy atom. The minimum Gasteiger partial charge on any atom is -0.355 e. The first kappa shape index (κ1) is 28.3. The van der Waals surface area contributed by atoms with E-state index < -0.39 is 32.6 Å². The van der Waals surface area contributed by atoms with Gasteiger partial charge in [-0.05, 0) is 35.6 Å². The molecule has 37 heavy (non-hydrogen) atoms. The first-order chi connectivity index (χ1) is 17.6. The molecule has 0 aliphatic carbocycles. The molecule has 0 heterocycles. The first-order valence-electron chi connectivity index (χ1n) is 12.0. The van der Waals surface area contributed by atoms with Crippen molar-refractivity contribution in [3.63, 3.8) is 0 Å². The summed E-state index contributed by atoms with van der Waals surface area (Å²) in [5, 5.41) is 13.9. The predicted molar refractivity (Wildman–Crippen MR) is 144 cm³/mol. The molecule has 0 aliphatic rings. The molecule has 3 aromatic rings. The second-order valence-electron chi connectivity index (χ2n) is 8.81. The summed E-state index contributed by atoms with van der Waals surface area (Å²) in [6.45, 7) is 3.95. The van der Waals surface area contributed by atoms with Crippen molar-refractivity contribution in [1.82, 2.24) is 10.0 Å². The molecule has 8 nitrogen and oxygen atoms in total. The number of carbonyl (C=O) groups excluding carboxylic acids is 1. The summed E-state index contributed by atoms with van der Waals surface area (Å²) in [4.78, 5) is 23.3. The van der Waals surface area contributed by atoms with E-state index in [0.717, 1.165) is 23.3 Å². The minimum absolute atomic E-state index is 0.0519. The van der Waals surface area contributed by atoms with Gasteiger partial charge in [0.1, 0.15) is 11.1 Å². The van der Waals surface area contributed by atoms with E-state index in [1.807, 2.05) is 67.6 Å². The standard InChI is InChI=1S/C27H30ClN3O5S/c1-3-19(2)26(30-37(35,36)22-14-15-24(28)25(18-22)31(33)34)27(32)29-17-16-23(20-10-6-4-7-11-20)21-12-8-5-9-13-21/h4-15,18-19,23,26,30H,3,16-17H2,1-2H3,(H,29,32). The van der Waals surface area contributed by atoms with E-state index in [4.69, 9.17) is 11.6 Å². The molecule has 0 aliphatic heterocycles. The van der Waals surface area contributed by atoms with Gasteiger partial charge < -0.3 is 5.32 Å². The van der Waals surface area contributed by atoms with Gasteiger partial charge in [-0.25, -0.2) is 8.42 Å². The van der Waals surface area contributed by atoms with Crippen LogP contribution < -0.4 is 10.0 Å². The third kappa shape index (κ3) is 7.38. The number of nitro benzene ring substituents is 1. The number of sulfonamides is 1. The smallest absolute Gasteiger partial charge is 0.289 e. The van der Waals surface area contributed by atoms with E-state index in [2.05, 4.69) is 10.0 Å². The van der Waals surface area contributed by atoms with Crippen molar-refractivity contribution in [2.45, 2.75) is 43.5 Å². The molecule has 2 N–H and O–H groups in total. The van der Waals surface area contributed by atoms with Crippen LogP contribution in [0.15, 0.2) is 83.8 Å². The summed E-state index contributed by atoms with van der Waals surface area (Å²) < 4.78 is 28.5. The molecule has 0 bridgehead atoms. The predicted octanol–water partition coefficient (Wildman–Crippen LogP) is 5.28. The van der Waals surface area contributed by atoms with Crippen molar-refractivity contribution in [1.29, 1.82) is 0 Å². The Balaban J connectivity index is 1.75. The molecule has 0 spiro atoms. The molecule has 0 aromatic heterocycles. The lowest BCUT2D eigenvalue weighted by Gasteiger charge is -2.24. The molecule has 3 rings (SSSR count).